The third-order valence-corrected chi connectivity index (χ3v) is 4.37. The summed E-state index contributed by atoms with van der Waals surface area (Å²) in [7, 11) is 0. The molecule has 1 aromatic carbocycles. The summed E-state index contributed by atoms with van der Waals surface area (Å²) >= 11 is 0. The Kier molecular flexibility index (Phi) is 5.56. The number of aliphatic hydroxyl groups is 1. The van der Waals surface area contributed by atoms with Crippen molar-refractivity contribution in [2.45, 2.75) is 57.2 Å². The lowest BCUT2D eigenvalue weighted by Gasteiger charge is -2.49. The molecular formula is C17H23N2O8-. The number of nitrogens with zero attached hydrogens (tertiary/aromatic N) is 1. The molecule has 2 aliphatic rings. The minimum atomic E-state index is -1.09. The number of fused-ring (bicyclic) bond motifs is 1. The molecule has 5 atom stereocenters. The Labute approximate surface area is 156 Å². The number of ether oxygens (including phenoxy) is 4. The van der Waals surface area contributed by atoms with Gasteiger partial charge in [0.25, 0.3) is 0 Å². The van der Waals surface area contributed by atoms with Crippen molar-refractivity contribution in [3.05, 3.63) is 29.5 Å². The molecule has 3 N–H and O–H groups in total. The zero-order valence-electron chi connectivity index (χ0n) is 15.2. The first-order valence-corrected chi connectivity index (χ1v) is 8.51. The Hall–Kier alpha value is -1.95. The molecule has 10 heteroatoms. The fraction of sp³-hybridized carbons (Fsp3) is 0.588. The van der Waals surface area contributed by atoms with Crippen LogP contribution < -0.4 is 15.3 Å². The first-order chi connectivity index (χ1) is 12.7. The minimum Gasteiger partial charge on any atom is -0.733 e. The summed E-state index contributed by atoms with van der Waals surface area (Å²) in [6, 6.07) is 4.74. The zero-order chi connectivity index (χ0) is 19.8. The van der Waals surface area contributed by atoms with Crippen LogP contribution in [0.3, 0.4) is 0 Å². The lowest BCUT2D eigenvalue weighted by atomic mass is 9.95. The van der Waals surface area contributed by atoms with E-state index in [9.17, 15) is 15.1 Å². The maximum atomic E-state index is 11.6. The minimum absolute atomic E-state index is 0.0294. The van der Waals surface area contributed by atoms with Gasteiger partial charge in [0.1, 0.15) is 30.1 Å². The fourth-order valence-corrected chi connectivity index (χ4v) is 3.12. The van der Waals surface area contributed by atoms with Crippen LogP contribution in [-0.2, 0) is 19.0 Å². The van der Waals surface area contributed by atoms with Gasteiger partial charge in [-0.25, -0.2) is 0 Å². The molecule has 2 saturated heterocycles. The van der Waals surface area contributed by atoms with Gasteiger partial charge in [0, 0.05) is 6.92 Å². The van der Waals surface area contributed by atoms with Crippen molar-refractivity contribution in [1.29, 1.82) is 0 Å². The average molecular weight is 383 g/mol. The van der Waals surface area contributed by atoms with E-state index in [2.05, 4.69) is 5.32 Å². The van der Waals surface area contributed by atoms with E-state index in [1.165, 1.54) is 31.2 Å². The number of nitrogens with one attached hydrogen (secondary N) is 1. The van der Waals surface area contributed by atoms with E-state index < -0.39 is 36.4 Å². The lowest BCUT2D eigenvalue weighted by molar-refractivity contribution is -0.361. The fourth-order valence-electron chi connectivity index (χ4n) is 3.12. The summed E-state index contributed by atoms with van der Waals surface area (Å²) in [5, 5.41) is 32.9. The topological polar surface area (TPSA) is 133 Å². The summed E-state index contributed by atoms with van der Waals surface area (Å²) < 4.78 is 23.0. The van der Waals surface area contributed by atoms with Crippen molar-refractivity contribution in [1.82, 2.24) is 5.32 Å². The van der Waals surface area contributed by atoms with Crippen LogP contribution in [0.2, 0.25) is 0 Å². The maximum Gasteiger partial charge on any atom is 0.223 e. The Morgan fingerprint density at radius 2 is 2.04 bits per heavy atom. The highest BCUT2D eigenvalue weighted by Gasteiger charge is 2.52. The smallest absolute Gasteiger partial charge is 0.223 e. The number of rotatable bonds is 4. The van der Waals surface area contributed by atoms with Crippen molar-refractivity contribution >= 4 is 11.6 Å². The number of benzene rings is 1. The van der Waals surface area contributed by atoms with Gasteiger partial charge in [0.15, 0.2) is 5.79 Å². The van der Waals surface area contributed by atoms with Crippen molar-refractivity contribution in [3.63, 3.8) is 0 Å². The van der Waals surface area contributed by atoms with Crippen LogP contribution in [0.4, 0.5) is 5.69 Å². The molecular weight excluding hydrogens is 360 g/mol. The number of carbonyl (C=O) groups is 1. The van der Waals surface area contributed by atoms with Gasteiger partial charge < -0.3 is 39.8 Å². The molecule has 1 aromatic rings. The number of hydrogen-bond donors (Lipinski definition) is 3. The zero-order valence-corrected chi connectivity index (χ0v) is 15.2. The largest absolute Gasteiger partial charge is 0.733 e. The first kappa shape index (κ1) is 19.8. The summed E-state index contributed by atoms with van der Waals surface area (Å²) in [6.07, 6.45) is -3.38. The highest BCUT2D eigenvalue weighted by molar-refractivity contribution is 5.73. The van der Waals surface area contributed by atoms with Crippen LogP contribution in [0.5, 0.6) is 5.75 Å². The van der Waals surface area contributed by atoms with E-state index >= 15 is 0 Å². The third-order valence-electron chi connectivity index (χ3n) is 4.37. The SMILES string of the molecule is CC(=O)N[C@H]1[C@H](Oc2ccc(N([O-])O)cc2)O[C@@H]2COC(C)(C)O[C@H]2[C@@H]1O. The van der Waals surface area contributed by atoms with Gasteiger partial charge in [0.2, 0.25) is 12.2 Å². The molecule has 0 saturated carbocycles. The van der Waals surface area contributed by atoms with Gasteiger partial charge in [0.05, 0.1) is 12.3 Å². The Morgan fingerprint density at radius 3 is 2.63 bits per heavy atom. The number of anilines is 1. The molecule has 0 aromatic heterocycles. The van der Waals surface area contributed by atoms with Crippen molar-refractivity contribution in [2.75, 3.05) is 11.8 Å². The van der Waals surface area contributed by atoms with Crippen LogP contribution in [-0.4, -0.2) is 59.3 Å². The van der Waals surface area contributed by atoms with E-state index in [-0.39, 0.29) is 23.4 Å². The molecule has 0 aliphatic carbocycles. The Balaban J connectivity index is 1.78. The first-order valence-electron chi connectivity index (χ1n) is 8.51. The van der Waals surface area contributed by atoms with E-state index in [1.807, 2.05) is 0 Å². The third kappa shape index (κ3) is 4.49. The molecule has 0 spiro atoms. The number of carbonyl (C=O) groups excluding carboxylic acids is 1. The molecule has 2 heterocycles. The Bertz CT molecular complexity index is 665. The molecule has 0 bridgehead atoms. The number of amides is 1. The molecule has 10 nitrogen and oxygen atoms in total. The molecule has 27 heavy (non-hydrogen) atoms. The van der Waals surface area contributed by atoms with Crippen molar-refractivity contribution in [2.24, 2.45) is 0 Å². The molecule has 1 amide bonds. The van der Waals surface area contributed by atoms with Gasteiger partial charge in [-0.1, -0.05) is 0 Å². The van der Waals surface area contributed by atoms with Gasteiger partial charge in [-0.05, 0) is 38.1 Å². The molecule has 2 fully saturated rings. The van der Waals surface area contributed by atoms with E-state index in [1.54, 1.807) is 13.8 Å². The Morgan fingerprint density at radius 1 is 1.37 bits per heavy atom. The van der Waals surface area contributed by atoms with Crippen molar-refractivity contribution in [3.8, 4) is 5.75 Å². The summed E-state index contributed by atoms with van der Waals surface area (Å²) in [5.74, 6) is -0.923. The molecule has 150 valence electrons. The summed E-state index contributed by atoms with van der Waals surface area (Å²) in [5.41, 5.74) is 0.0294. The van der Waals surface area contributed by atoms with Gasteiger partial charge in [-0.2, -0.15) is 0 Å². The van der Waals surface area contributed by atoms with Crippen LogP contribution in [0.15, 0.2) is 24.3 Å². The summed E-state index contributed by atoms with van der Waals surface area (Å²) in [4.78, 5) is 11.6. The van der Waals surface area contributed by atoms with E-state index in [0.717, 1.165) is 0 Å². The second-order valence-corrected chi connectivity index (χ2v) is 6.94. The molecule has 0 radical (unpaired) electrons. The van der Waals surface area contributed by atoms with Crippen LogP contribution in [0, 0.1) is 5.21 Å². The predicted molar refractivity (Wildman–Crippen MR) is 91.9 cm³/mol. The highest BCUT2D eigenvalue weighted by Crippen LogP contribution is 2.33. The second kappa shape index (κ2) is 7.58. The van der Waals surface area contributed by atoms with Crippen molar-refractivity contribution < 1.29 is 34.1 Å². The van der Waals surface area contributed by atoms with Gasteiger partial charge in [-0.3, -0.25) is 10.0 Å². The van der Waals surface area contributed by atoms with Crippen LogP contribution >= 0.6 is 0 Å². The lowest BCUT2D eigenvalue weighted by Crippen LogP contribution is -2.69. The molecule has 0 unspecified atom stereocenters. The molecule has 3 rings (SSSR count). The second-order valence-electron chi connectivity index (χ2n) is 6.94. The van der Waals surface area contributed by atoms with E-state index in [4.69, 9.17) is 24.2 Å². The maximum absolute atomic E-state index is 11.6. The predicted octanol–water partition coefficient (Wildman–Crippen LogP) is 0.501. The van der Waals surface area contributed by atoms with Crippen LogP contribution in [0.1, 0.15) is 20.8 Å². The van der Waals surface area contributed by atoms with E-state index in [0.29, 0.717) is 5.75 Å². The molecule has 2 aliphatic heterocycles. The van der Waals surface area contributed by atoms with Crippen LogP contribution in [0.25, 0.3) is 0 Å². The van der Waals surface area contributed by atoms with Gasteiger partial charge >= 0.3 is 0 Å². The monoisotopic (exact) mass is 383 g/mol. The number of aliphatic hydroxyl groups excluding tert-OH is 1. The number of hydrogen-bond acceptors (Lipinski definition) is 9. The summed E-state index contributed by atoms with van der Waals surface area (Å²) in [6.45, 7) is 4.97. The van der Waals surface area contributed by atoms with Gasteiger partial charge in [-0.15, -0.1) is 0 Å². The quantitative estimate of drug-likeness (QED) is 0.636. The average Bonchev–Trinajstić information content (AvgIpc) is 2.59. The normalized spacial score (nSPS) is 32.3. The standard InChI is InChI=1S/C17H23N2O8/c1-9(20)18-13-14(21)15-12(8-24-17(2,3)27-15)26-16(13)25-11-6-4-10(5-7-11)19(22)23/h4-7,12-16,21-22H,8H2,1-3H3,(H,18,20)/q-1/t12-,13-,14-,15-,16-/m1/s1. The highest BCUT2D eigenvalue weighted by atomic mass is 16.8.